The summed E-state index contributed by atoms with van der Waals surface area (Å²) < 4.78 is 10.5. The van der Waals surface area contributed by atoms with Crippen LogP contribution >= 0.6 is 0 Å². The Labute approximate surface area is 113 Å². The molecule has 102 valence electrons. The van der Waals surface area contributed by atoms with Crippen LogP contribution in [-0.2, 0) is 0 Å². The Morgan fingerprint density at radius 2 is 2.05 bits per heavy atom. The molecule has 0 bridgehead atoms. The highest BCUT2D eigenvalue weighted by atomic mass is 16.5. The standard InChI is InChI=1S/C14H19N3O2/c1-8-6-12(13(18-5)7-15-8)16-9(2)14-10(3)17-19-11(14)4/h6-7,9H,1-5H3,(H,15,16). The van der Waals surface area contributed by atoms with Gasteiger partial charge in [-0.05, 0) is 33.8 Å². The molecule has 1 atom stereocenters. The van der Waals surface area contributed by atoms with Gasteiger partial charge < -0.3 is 14.6 Å². The van der Waals surface area contributed by atoms with Crippen LogP contribution in [0.2, 0.25) is 0 Å². The lowest BCUT2D eigenvalue weighted by molar-refractivity contribution is 0.391. The molecule has 19 heavy (non-hydrogen) atoms. The average molecular weight is 261 g/mol. The van der Waals surface area contributed by atoms with Crippen LogP contribution in [0.3, 0.4) is 0 Å². The first-order valence-electron chi connectivity index (χ1n) is 6.23. The summed E-state index contributed by atoms with van der Waals surface area (Å²) in [4.78, 5) is 4.22. The molecule has 0 spiro atoms. The van der Waals surface area contributed by atoms with Crippen molar-refractivity contribution in [2.75, 3.05) is 12.4 Å². The summed E-state index contributed by atoms with van der Waals surface area (Å²) in [6.45, 7) is 7.88. The minimum absolute atomic E-state index is 0.0851. The van der Waals surface area contributed by atoms with E-state index in [-0.39, 0.29) is 6.04 Å². The maximum Gasteiger partial charge on any atom is 0.160 e. The summed E-state index contributed by atoms with van der Waals surface area (Å²) in [5, 5.41) is 7.40. The van der Waals surface area contributed by atoms with Gasteiger partial charge in [-0.15, -0.1) is 0 Å². The van der Waals surface area contributed by atoms with Gasteiger partial charge in [0.05, 0.1) is 30.7 Å². The molecule has 2 heterocycles. The third-order valence-corrected chi connectivity index (χ3v) is 3.12. The molecule has 0 amide bonds. The van der Waals surface area contributed by atoms with Gasteiger partial charge in [-0.2, -0.15) is 0 Å². The second-order valence-corrected chi connectivity index (χ2v) is 4.63. The summed E-state index contributed by atoms with van der Waals surface area (Å²) in [5.41, 5.74) is 3.84. The zero-order chi connectivity index (χ0) is 14.0. The number of pyridine rings is 1. The molecule has 2 aromatic rings. The first-order valence-corrected chi connectivity index (χ1v) is 6.23. The molecule has 1 unspecified atom stereocenters. The molecule has 1 N–H and O–H groups in total. The molecule has 2 rings (SSSR count). The molecule has 0 saturated heterocycles. The van der Waals surface area contributed by atoms with Crippen molar-refractivity contribution in [3.05, 3.63) is 35.0 Å². The van der Waals surface area contributed by atoms with Gasteiger partial charge in [-0.1, -0.05) is 5.16 Å². The van der Waals surface area contributed by atoms with Crippen LogP contribution in [0.15, 0.2) is 16.8 Å². The molecular weight excluding hydrogens is 242 g/mol. The Morgan fingerprint density at radius 1 is 1.32 bits per heavy atom. The third-order valence-electron chi connectivity index (χ3n) is 3.12. The fraction of sp³-hybridized carbons (Fsp3) is 0.429. The highest BCUT2D eigenvalue weighted by molar-refractivity contribution is 5.57. The second kappa shape index (κ2) is 5.30. The van der Waals surface area contributed by atoms with Crippen molar-refractivity contribution >= 4 is 5.69 Å². The normalized spacial score (nSPS) is 12.3. The number of hydrogen-bond acceptors (Lipinski definition) is 5. The van der Waals surface area contributed by atoms with Crippen molar-refractivity contribution in [2.45, 2.75) is 33.7 Å². The molecule has 5 heteroatoms. The van der Waals surface area contributed by atoms with Gasteiger partial charge in [0.25, 0.3) is 0 Å². The van der Waals surface area contributed by atoms with Gasteiger partial charge >= 0.3 is 0 Å². The van der Waals surface area contributed by atoms with Gasteiger partial charge in [-0.3, -0.25) is 4.98 Å². The number of nitrogens with zero attached hydrogens (tertiary/aromatic N) is 2. The monoisotopic (exact) mass is 261 g/mol. The van der Waals surface area contributed by atoms with Crippen molar-refractivity contribution in [1.82, 2.24) is 10.1 Å². The van der Waals surface area contributed by atoms with E-state index in [0.29, 0.717) is 0 Å². The molecule has 0 radical (unpaired) electrons. The maximum absolute atomic E-state index is 5.31. The molecule has 0 aromatic carbocycles. The predicted molar refractivity (Wildman–Crippen MR) is 73.5 cm³/mol. The lowest BCUT2D eigenvalue weighted by Crippen LogP contribution is -2.09. The second-order valence-electron chi connectivity index (χ2n) is 4.63. The van der Waals surface area contributed by atoms with E-state index in [9.17, 15) is 0 Å². The Balaban J connectivity index is 2.28. The highest BCUT2D eigenvalue weighted by Gasteiger charge is 2.17. The van der Waals surface area contributed by atoms with Crippen molar-refractivity contribution < 1.29 is 9.26 Å². The van der Waals surface area contributed by atoms with Gasteiger partial charge in [0.15, 0.2) is 5.75 Å². The van der Waals surface area contributed by atoms with Gasteiger partial charge in [-0.25, -0.2) is 0 Å². The van der Waals surface area contributed by atoms with E-state index in [1.807, 2.05) is 26.8 Å². The average Bonchev–Trinajstić information content (AvgIpc) is 2.69. The minimum atomic E-state index is 0.0851. The Hall–Kier alpha value is -2.04. The van der Waals surface area contributed by atoms with Crippen molar-refractivity contribution in [2.24, 2.45) is 0 Å². The molecule has 0 aliphatic heterocycles. The fourth-order valence-electron chi connectivity index (χ4n) is 2.24. The SMILES string of the molecule is COc1cnc(C)cc1NC(C)c1c(C)noc1C. The van der Waals surface area contributed by atoms with E-state index in [2.05, 4.69) is 22.4 Å². The molecule has 0 aliphatic carbocycles. The number of anilines is 1. The number of hydrogen-bond donors (Lipinski definition) is 1. The molecule has 0 fully saturated rings. The van der Waals surface area contributed by atoms with E-state index in [1.54, 1.807) is 13.3 Å². The molecule has 0 aliphatic rings. The third kappa shape index (κ3) is 2.70. The Morgan fingerprint density at radius 3 is 2.63 bits per heavy atom. The van der Waals surface area contributed by atoms with Crippen LogP contribution in [0.25, 0.3) is 0 Å². The van der Waals surface area contributed by atoms with Crippen molar-refractivity contribution in [3.8, 4) is 5.75 Å². The number of nitrogens with one attached hydrogen (secondary N) is 1. The van der Waals surface area contributed by atoms with Crippen LogP contribution in [-0.4, -0.2) is 17.3 Å². The number of aromatic nitrogens is 2. The minimum Gasteiger partial charge on any atom is -0.493 e. The van der Waals surface area contributed by atoms with Crippen LogP contribution in [0, 0.1) is 20.8 Å². The van der Waals surface area contributed by atoms with E-state index < -0.39 is 0 Å². The number of aryl methyl sites for hydroxylation is 3. The van der Waals surface area contributed by atoms with Crippen LogP contribution in [0.5, 0.6) is 5.75 Å². The molecule has 5 nitrogen and oxygen atoms in total. The summed E-state index contributed by atoms with van der Waals surface area (Å²) >= 11 is 0. The van der Waals surface area contributed by atoms with Gasteiger partial charge in [0, 0.05) is 11.3 Å². The largest absolute Gasteiger partial charge is 0.493 e. The van der Waals surface area contributed by atoms with Crippen LogP contribution < -0.4 is 10.1 Å². The lowest BCUT2D eigenvalue weighted by Gasteiger charge is -2.17. The van der Waals surface area contributed by atoms with Crippen molar-refractivity contribution in [3.63, 3.8) is 0 Å². The van der Waals surface area contributed by atoms with E-state index in [4.69, 9.17) is 9.26 Å². The lowest BCUT2D eigenvalue weighted by atomic mass is 10.1. The Bertz CT molecular complexity index is 559. The van der Waals surface area contributed by atoms with Crippen LogP contribution in [0.1, 0.15) is 35.7 Å². The van der Waals surface area contributed by atoms with Crippen LogP contribution in [0.4, 0.5) is 5.69 Å². The first kappa shape index (κ1) is 13.4. The predicted octanol–water partition coefficient (Wildman–Crippen LogP) is 3.18. The summed E-state index contributed by atoms with van der Waals surface area (Å²) in [6, 6.07) is 2.05. The highest BCUT2D eigenvalue weighted by Crippen LogP contribution is 2.30. The molecule has 0 saturated carbocycles. The quantitative estimate of drug-likeness (QED) is 0.916. The van der Waals surface area contributed by atoms with Gasteiger partial charge in [0.1, 0.15) is 5.76 Å². The topological polar surface area (TPSA) is 60.2 Å². The van der Waals surface area contributed by atoms with Crippen molar-refractivity contribution in [1.29, 1.82) is 0 Å². The summed E-state index contributed by atoms with van der Waals surface area (Å²) in [7, 11) is 1.64. The number of rotatable bonds is 4. The smallest absolute Gasteiger partial charge is 0.160 e. The number of ether oxygens (including phenoxy) is 1. The number of methoxy groups -OCH3 is 1. The maximum atomic E-state index is 5.31. The van der Waals surface area contributed by atoms with Gasteiger partial charge in [0.2, 0.25) is 0 Å². The molecule has 2 aromatic heterocycles. The van der Waals surface area contributed by atoms with E-state index in [0.717, 1.165) is 34.1 Å². The van der Waals surface area contributed by atoms with E-state index >= 15 is 0 Å². The first-order chi connectivity index (χ1) is 9.02. The van der Waals surface area contributed by atoms with E-state index in [1.165, 1.54) is 0 Å². The zero-order valence-electron chi connectivity index (χ0n) is 11.9. The zero-order valence-corrected chi connectivity index (χ0v) is 11.9. The summed E-state index contributed by atoms with van der Waals surface area (Å²) in [5.74, 6) is 1.56. The summed E-state index contributed by atoms with van der Waals surface area (Å²) in [6.07, 6.45) is 1.72. The molecular formula is C14H19N3O2. The Kier molecular flexibility index (Phi) is 3.74. The fourth-order valence-corrected chi connectivity index (χ4v) is 2.24.